The molecule has 2 amide bonds. The maximum atomic E-state index is 12.9. The number of hydrogen-bond acceptors (Lipinski definition) is 5. The molecule has 1 aromatic carbocycles. The molecule has 0 fully saturated rings. The van der Waals surface area contributed by atoms with Gasteiger partial charge in [0.05, 0.1) is 12.1 Å². The number of aryl methyl sites for hydroxylation is 2. The minimum atomic E-state index is -3.64. The number of sulfone groups is 1. The van der Waals surface area contributed by atoms with Gasteiger partial charge in [-0.3, -0.25) is 14.0 Å². The quantitative estimate of drug-likeness (QED) is 0.689. The van der Waals surface area contributed by atoms with Crippen LogP contribution in [0.2, 0.25) is 0 Å². The van der Waals surface area contributed by atoms with Gasteiger partial charge in [0.1, 0.15) is 0 Å². The van der Waals surface area contributed by atoms with Crippen molar-refractivity contribution in [1.82, 2.24) is 14.3 Å². The lowest BCUT2D eigenvalue weighted by atomic mass is 10.1. The lowest BCUT2D eigenvalue weighted by Crippen LogP contribution is -2.35. The lowest BCUT2D eigenvalue weighted by Gasteiger charge is -2.17. The molecule has 3 rings (SSSR count). The third-order valence-electron chi connectivity index (χ3n) is 4.52. The number of anilines is 1. The highest BCUT2D eigenvalue weighted by atomic mass is 32.2. The Bertz CT molecular complexity index is 1190. The number of rotatable bonds is 5. The van der Waals surface area contributed by atoms with Gasteiger partial charge in [-0.15, -0.1) is 0 Å². The molecule has 0 bridgehead atoms. The molecule has 2 heterocycles. The van der Waals surface area contributed by atoms with Gasteiger partial charge in [-0.2, -0.15) is 0 Å². The number of aromatic nitrogens is 2. The standard InChI is InChI=1S/C20H22N4O4S/c1-13-8-7-9-14(2)17(13)21-16(25)12-23(3)19(26)18-15-10-5-6-11-24(15)20(22-18)29(4,27)28/h5-11H,12H2,1-4H3,(H,21,25). The van der Waals surface area contributed by atoms with E-state index in [1.807, 2.05) is 32.0 Å². The summed E-state index contributed by atoms with van der Waals surface area (Å²) in [6.45, 7) is 3.58. The summed E-state index contributed by atoms with van der Waals surface area (Å²) in [6, 6.07) is 10.6. The van der Waals surface area contributed by atoms with E-state index in [1.54, 1.807) is 18.2 Å². The van der Waals surface area contributed by atoms with Crippen molar-refractivity contribution in [2.45, 2.75) is 19.0 Å². The number of carbonyl (C=O) groups excluding carboxylic acids is 2. The first-order chi connectivity index (χ1) is 13.6. The lowest BCUT2D eigenvalue weighted by molar-refractivity contribution is -0.116. The number of pyridine rings is 1. The first kappa shape index (κ1) is 20.5. The number of benzene rings is 1. The number of nitrogens with one attached hydrogen (secondary N) is 1. The molecule has 0 aliphatic heterocycles. The van der Waals surface area contributed by atoms with Crippen LogP contribution in [0.25, 0.3) is 5.52 Å². The molecule has 0 saturated heterocycles. The van der Waals surface area contributed by atoms with Gasteiger partial charge in [-0.25, -0.2) is 13.4 Å². The highest BCUT2D eigenvalue weighted by Crippen LogP contribution is 2.20. The van der Waals surface area contributed by atoms with Gasteiger partial charge in [0.2, 0.25) is 20.9 Å². The molecule has 9 heteroatoms. The summed E-state index contributed by atoms with van der Waals surface area (Å²) in [5.74, 6) is -0.898. The van der Waals surface area contributed by atoms with Gasteiger partial charge in [0, 0.05) is 25.2 Å². The fraction of sp³-hybridized carbons (Fsp3) is 0.250. The van der Waals surface area contributed by atoms with Crippen molar-refractivity contribution in [3.05, 3.63) is 59.4 Å². The van der Waals surface area contributed by atoms with E-state index in [2.05, 4.69) is 10.3 Å². The van der Waals surface area contributed by atoms with Gasteiger partial charge in [-0.1, -0.05) is 24.3 Å². The second-order valence-electron chi connectivity index (χ2n) is 6.95. The zero-order valence-corrected chi connectivity index (χ0v) is 17.4. The number of carbonyl (C=O) groups is 2. The first-order valence-corrected chi connectivity index (χ1v) is 10.8. The zero-order valence-electron chi connectivity index (χ0n) is 16.6. The predicted molar refractivity (Wildman–Crippen MR) is 110 cm³/mol. The minimum absolute atomic E-state index is 0.0200. The molecule has 0 radical (unpaired) electrons. The van der Waals surface area contributed by atoms with Crippen molar-refractivity contribution >= 4 is 32.9 Å². The predicted octanol–water partition coefficient (Wildman–Crippen LogP) is 2.07. The third kappa shape index (κ3) is 4.14. The largest absolute Gasteiger partial charge is 0.331 e. The van der Waals surface area contributed by atoms with Crippen molar-refractivity contribution < 1.29 is 18.0 Å². The van der Waals surface area contributed by atoms with Crippen molar-refractivity contribution in [2.24, 2.45) is 0 Å². The number of fused-ring (bicyclic) bond motifs is 1. The summed E-state index contributed by atoms with van der Waals surface area (Å²) in [6.07, 6.45) is 2.56. The molecule has 0 aliphatic rings. The molecule has 1 N–H and O–H groups in total. The second kappa shape index (κ2) is 7.67. The van der Waals surface area contributed by atoms with Crippen LogP contribution >= 0.6 is 0 Å². The normalized spacial score (nSPS) is 11.4. The van der Waals surface area contributed by atoms with Crippen LogP contribution in [0.4, 0.5) is 5.69 Å². The number of amides is 2. The number of likely N-dealkylation sites (N-methyl/N-ethyl adjacent to an activating group) is 1. The Labute approximate surface area is 169 Å². The topological polar surface area (TPSA) is 101 Å². The minimum Gasteiger partial charge on any atom is -0.331 e. The molecular formula is C20H22N4O4S. The molecule has 0 spiro atoms. The van der Waals surface area contributed by atoms with E-state index in [4.69, 9.17) is 0 Å². The van der Waals surface area contributed by atoms with E-state index in [0.717, 1.165) is 17.4 Å². The smallest absolute Gasteiger partial charge is 0.274 e. The van der Waals surface area contributed by atoms with Gasteiger partial charge in [0.25, 0.3) is 5.91 Å². The molecular weight excluding hydrogens is 392 g/mol. The zero-order chi connectivity index (χ0) is 21.3. The number of hydrogen-bond donors (Lipinski definition) is 1. The van der Waals surface area contributed by atoms with E-state index in [9.17, 15) is 18.0 Å². The van der Waals surface area contributed by atoms with Gasteiger partial charge in [0.15, 0.2) is 5.69 Å². The summed E-state index contributed by atoms with van der Waals surface area (Å²) in [7, 11) is -2.17. The molecule has 152 valence electrons. The van der Waals surface area contributed by atoms with Crippen molar-refractivity contribution in [3.63, 3.8) is 0 Å². The van der Waals surface area contributed by atoms with Crippen molar-refractivity contribution in [3.8, 4) is 0 Å². The highest BCUT2D eigenvalue weighted by molar-refractivity contribution is 7.90. The Hall–Kier alpha value is -3.20. The van der Waals surface area contributed by atoms with Crippen LogP contribution in [0.15, 0.2) is 47.8 Å². The fourth-order valence-electron chi connectivity index (χ4n) is 3.09. The van der Waals surface area contributed by atoms with Gasteiger partial charge in [-0.05, 0) is 37.1 Å². The second-order valence-corrected chi connectivity index (χ2v) is 8.86. The van der Waals surface area contributed by atoms with Crippen LogP contribution in [0, 0.1) is 13.8 Å². The fourth-order valence-corrected chi connectivity index (χ4v) is 3.86. The Morgan fingerprint density at radius 1 is 1.10 bits per heavy atom. The van der Waals surface area contributed by atoms with Crippen LogP contribution in [0.3, 0.4) is 0 Å². The van der Waals surface area contributed by atoms with Crippen LogP contribution in [0.5, 0.6) is 0 Å². The summed E-state index contributed by atoms with van der Waals surface area (Å²) >= 11 is 0. The average Bonchev–Trinajstić information content (AvgIpc) is 3.04. The van der Waals surface area contributed by atoms with E-state index in [-0.39, 0.29) is 23.3 Å². The summed E-state index contributed by atoms with van der Waals surface area (Å²) in [4.78, 5) is 30.6. The Morgan fingerprint density at radius 2 is 1.76 bits per heavy atom. The number of imidazole rings is 1. The summed E-state index contributed by atoms with van der Waals surface area (Å²) < 4.78 is 25.4. The average molecular weight is 414 g/mol. The van der Waals surface area contributed by atoms with E-state index in [0.29, 0.717) is 11.2 Å². The van der Waals surface area contributed by atoms with E-state index >= 15 is 0 Å². The highest BCUT2D eigenvalue weighted by Gasteiger charge is 2.25. The Morgan fingerprint density at radius 3 is 2.38 bits per heavy atom. The third-order valence-corrected chi connectivity index (χ3v) is 5.47. The summed E-state index contributed by atoms with van der Waals surface area (Å²) in [5.41, 5.74) is 2.90. The number of para-hydroxylation sites is 1. The van der Waals surface area contributed by atoms with Gasteiger partial charge >= 0.3 is 0 Å². The molecule has 0 atom stereocenters. The van der Waals surface area contributed by atoms with Crippen molar-refractivity contribution in [1.29, 1.82) is 0 Å². The van der Waals surface area contributed by atoms with Crippen molar-refractivity contribution in [2.75, 3.05) is 25.2 Å². The van der Waals surface area contributed by atoms with Crippen LogP contribution in [0.1, 0.15) is 21.6 Å². The molecule has 0 saturated carbocycles. The van der Waals surface area contributed by atoms with Gasteiger partial charge < -0.3 is 10.2 Å². The van der Waals surface area contributed by atoms with Crippen LogP contribution in [-0.4, -0.2) is 54.4 Å². The maximum Gasteiger partial charge on any atom is 0.274 e. The molecule has 0 aliphatic carbocycles. The molecule has 8 nitrogen and oxygen atoms in total. The van der Waals surface area contributed by atoms with E-state index < -0.39 is 15.7 Å². The molecule has 0 unspecified atom stereocenters. The van der Waals surface area contributed by atoms with Crippen LogP contribution < -0.4 is 5.32 Å². The Balaban J connectivity index is 1.85. The molecule has 29 heavy (non-hydrogen) atoms. The maximum absolute atomic E-state index is 12.9. The Kier molecular flexibility index (Phi) is 5.43. The SMILES string of the molecule is Cc1cccc(C)c1NC(=O)CN(C)C(=O)c1nc(S(C)(=O)=O)n2ccccc12. The van der Waals surface area contributed by atoms with E-state index in [1.165, 1.54) is 22.5 Å². The van der Waals surface area contributed by atoms with Crippen LogP contribution in [-0.2, 0) is 14.6 Å². The molecule has 2 aromatic heterocycles. The monoisotopic (exact) mass is 414 g/mol. The first-order valence-electron chi connectivity index (χ1n) is 8.88. The number of nitrogens with zero attached hydrogens (tertiary/aromatic N) is 3. The molecule has 3 aromatic rings. The summed E-state index contributed by atoms with van der Waals surface area (Å²) in [5, 5.41) is 2.61.